The maximum atomic E-state index is 9.92. The maximum absolute atomic E-state index is 9.92. The molecular formula is C19H40O6. The molecule has 0 radical (unpaired) electrons. The number of hydrogen-bond donors (Lipinski definition) is 5. The zero-order valence-electron chi connectivity index (χ0n) is 15.9. The predicted molar refractivity (Wildman–Crippen MR) is 100 cm³/mol. The monoisotopic (exact) mass is 364 g/mol. The molecule has 0 heterocycles. The summed E-state index contributed by atoms with van der Waals surface area (Å²) in [5, 5.41) is 42.4. The van der Waals surface area contributed by atoms with Crippen LogP contribution in [0.15, 0.2) is 0 Å². The zero-order valence-corrected chi connectivity index (χ0v) is 15.9. The number of unbranched alkanes of at least 4 members (excludes halogenated alkanes) is 10. The molecule has 0 saturated heterocycles. The van der Waals surface area contributed by atoms with E-state index in [0.717, 1.165) is 51.4 Å². The summed E-state index contributed by atoms with van der Waals surface area (Å²) in [5.74, 6) is 0. The Morgan fingerprint density at radius 3 is 1.36 bits per heavy atom. The SMILES string of the molecule is CCCCCCCCC(O)C(O)CCCCCCCCO.O=C(O)O. The highest BCUT2D eigenvalue weighted by Crippen LogP contribution is 2.15. The second-order valence-electron chi connectivity index (χ2n) is 6.61. The molecule has 0 aromatic rings. The summed E-state index contributed by atoms with van der Waals surface area (Å²) in [6.07, 6.45) is 12.3. The number of carboxylic acid groups (broad SMARTS) is 2. The molecule has 0 spiro atoms. The fourth-order valence-electron chi connectivity index (χ4n) is 2.69. The topological polar surface area (TPSA) is 118 Å². The molecule has 5 N–H and O–H groups in total. The largest absolute Gasteiger partial charge is 0.503 e. The second kappa shape index (κ2) is 21.2. The first-order valence-corrected chi connectivity index (χ1v) is 9.84. The minimum Gasteiger partial charge on any atom is -0.450 e. The molecule has 0 aromatic carbocycles. The van der Waals surface area contributed by atoms with Crippen LogP contribution in [0.2, 0.25) is 0 Å². The van der Waals surface area contributed by atoms with E-state index >= 15 is 0 Å². The van der Waals surface area contributed by atoms with Gasteiger partial charge < -0.3 is 25.5 Å². The molecule has 2 unspecified atom stereocenters. The summed E-state index contributed by atoms with van der Waals surface area (Å²) in [6.45, 7) is 2.51. The molecule has 25 heavy (non-hydrogen) atoms. The van der Waals surface area contributed by atoms with Gasteiger partial charge in [0.2, 0.25) is 0 Å². The lowest BCUT2D eigenvalue weighted by molar-refractivity contribution is 0.00711. The van der Waals surface area contributed by atoms with Crippen LogP contribution >= 0.6 is 0 Å². The summed E-state index contributed by atoms with van der Waals surface area (Å²) >= 11 is 0. The average Bonchev–Trinajstić information content (AvgIpc) is 2.56. The molecule has 2 atom stereocenters. The van der Waals surface area contributed by atoms with Crippen LogP contribution in [-0.4, -0.2) is 50.5 Å². The highest BCUT2D eigenvalue weighted by atomic mass is 16.6. The lowest BCUT2D eigenvalue weighted by Gasteiger charge is -2.17. The van der Waals surface area contributed by atoms with Crippen molar-refractivity contribution in [2.45, 2.75) is 109 Å². The third-order valence-corrected chi connectivity index (χ3v) is 4.21. The van der Waals surface area contributed by atoms with E-state index in [-0.39, 0.29) is 0 Å². The number of carbonyl (C=O) groups is 1. The van der Waals surface area contributed by atoms with E-state index in [1.54, 1.807) is 0 Å². The second-order valence-corrected chi connectivity index (χ2v) is 6.61. The summed E-state index contributed by atoms with van der Waals surface area (Å²) in [4.78, 5) is 8.56. The molecule has 152 valence electrons. The van der Waals surface area contributed by atoms with Gasteiger partial charge in [0.25, 0.3) is 0 Å². The van der Waals surface area contributed by atoms with E-state index < -0.39 is 18.4 Å². The Kier molecular flexibility index (Phi) is 22.4. The third kappa shape index (κ3) is 25.5. The summed E-state index contributed by atoms with van der Waals surface area (Å²) in [6, 6.07) is 0. The first-order chi connectivity index (χ1) is 12.0. The maximum Gasteiger partial charge on any atom is 0.503 e. The first-order valence-electron chi connectivity index (χ1n) is 9.84. The van der Waals surface area contributed by atoms with Gasteiger partial charge in [-0.2, -0.15) is 0 Å². The molecule has 0 aromatic heterocycles. The summed E-state index contributed by atoms with van der Waals surface area (Å²) in [7, 11) is 0. The quantitative estimate of drug-likeness (QED) is 0.259. The lowest BCUT2D eigenvalue weighted by atomic mass is 9.99. The Bertz CT molecular complexity index is 269. The van der Waals surface area contributed by atoms with Gasteiger partial charge in [0, 0.05) is 6.61 Å². The number of aliphatic hydroxyl groups is 3. The van der Waals surface area contributed by atoms with Crippen LogP contribution in [0.3, 0.4) is 0 Å². The summed E-state index contributed by atoms with van der Waals surface area (Å²) < 4.78 is 0. The minimum atomic E-state index is -1.83. The van der Waals surface area contributed by atoms with E-state index in [1.165, 1.54) is 38.5 Å². The standard InChI is InChI=1S/C18H38O3.CH2O3/c1-2-3-4-5-8-11-14-17(20)18(21)15-12-9-6-7-10-13-16-19;2-1(3)4/h17-21H,2-16H2,1H3;(H2,2,3,4). The van der Waals surface area contributed by atoms with Gasteiger partial charge in [-0.3, -0.25) is 0 Å². The van der Waals surface area contributed by atoms with Gasteiger partial charge in [0.05, 0.1) is 12.2 Å². The van der Waals surface area contributed by atoms with Crippen LogP contribution in [0.5, 0.6) is 0 Å². The van der Waals surface area contributed by atoms with Crippen LogP contribution in [-0.2, 0) is 0 Å². The van der Waals surface area contributed by atoms with Gasteiger partial charge >= 0.3 is 6.16 Å². The van der Waals surface area contributed by atoms with Gasteiger partial charge in [-0.25, -0.2) is 4.79 Å². The highest BCUT2D eigenvalue weighted by molar-refractivity contribution is 5.53. The molecule has 6 heteroatoms. The van der Waals surface area contributed by atoms with Crippen molar-refractivity contribution in [2.24, 2.45) is 0 Å². The molecule has 0 rings (SSSR count). The van der Waals surface area contributed by atoms with E-state index in [1.807, 2.05) is 0 Å². The van der Waals surface area contributed by atoms with E-state index in [4.69, 9.17) is 20.1 Å². The Hall–Kier alpha value is -0.850. The molecule has 0 aliphatic heterocycles. The minimum absolute atomic E-state index is 0.295. The van der Waals surface area contributed by atoms with Crippen molar-refractivity contribution in [3.05, 3.63) is 0 Å². The van der Waals surface area contributed by atoms with Gasteiger partial charge in [0.15, 0.2) is 0 Å². The van der Waals surface area contributed by atoms with Crippen LogP contribution in [0.4, 0.5) is 4.79 Å². The van der Waals surface area contributed by atoms with E-state index in [2.05, 4.69) is 6.92 Å². The zero-order chi connectivity index (χ0) is 19.3. The molecule has 0 aliphatic carbocycles. The predicted octanol–water partition coefficient (Wildman–Crippen LogP) is 4.40. The van der Waals surface area contributed by atoms with E-state index in [0.29, 0.717) is 6.61 Å². The Morgan fingerprint density at radius 1 is 0.680 bits per heavy atom. The Morgan fingerprint density at radius 2 is 1.00 bits per heavy atom. The van der Waals surface area contributed by atoms with Crippen LogP contribution in [0.25, 0.3) is 0 Å². The average molecular weight is 365 g/mol. The van der Waals surface area contributed by atoms with Crippen molar-refractivity contribution >= 4 is 6.16 Å². The van der Waals surface area contributed by atoms with E-state index in [9.17, 15) is 10.2 Å². The van der Waals surface area contributed by atoms with Crippen LogP contribution < -0.4 is 0 Å². The first kappa shape index (κ1) is 26.4. The Labute approximate surface area is 152 Å². The normalized spacial score (nSPS) is 13.0. The highest BCUT2D eigenvalue weighted by Gasteiger charge is 2.14. The molecule has 6 nitrogen and oxygen atoms in total. The molecule has 0 aliphatic rings. The molecule has 0 bridgehead atoms. The Balaban J connectivity index is 0. The fourth-order valence-corrected chi connectivity index (χ4v) is 2.69. The summed E-state index contributed by atoms with van der Waals surface area (Å²) in [5.41, 5.74) is 0. The van der Waals surface area contributed by atoms with Gasteiger partial charge in [-0.1, -0.05) is 77.6 Å². The smallest absolute Gasteiger partial charge is 0.450 e. The molecule has 0 saturated carbocycles. The molecule has 0 fully saturated rings. The van der Waals surface area contributed by atoms with Crippen molar-refractivity contribution < 1.29 is 30.3 Å². The van der Waals surface area contributed by atoms with Crippen LogP contribution in [0.1, 0.15) is 96.8 Å². The van der Waals surface area contributed by atoms with Crippen molar-refractivity contribution in [1.29, 1.82) is 0 Å². The van der Waals surface area contributed by atoms with Gasteiger partial charge in [0.1, 0.15) is 0 Å². The number of hydrogen-bond acceptors (Lipinski definition) is 4. The van der Waals surface area contributed by atoms with Gasteiger partial charge in [-0.15, -0.1) is 0 Å². The lowest BCUT2D eigenvalue weighted by Crippen LogP contribution is -2.25. The van der Waals surface area contributed by atoms with Crippen molar-refractivity contribution in [1.82, 2.24) is 0 Å². The van der Waals surface area contributed by atoms with Crippen molar-refractivity contribution in [2.75, 3.05) is 6.61 Å². The molecular weight excluding hydrogens is 324 g/mol. The number of rotatable bonds is 16. The third-order valence-electron chi connectivity index (χ3n) is 4.21. The van der Waals surface area contributed by atoms with Gasteiger partial charge in [-0.05, 0) is 19.3 Å². The van der Waals surface area contributed by atoms with Crippen molar-refractivity contribution in [3.8, 4) is 0 Å². The number of aliphatic hydroxyl groups excluding tert-OH is 3. The molecule has 0 amide bonds. The van der Waals surface area contributed by atoms with Crippen molar-refractivity contribution in [3.63, 3.8) is 0 Å². The van der Waals surface area contributed by atoms with Crippen LogP contribution in [0, 0.1) is 0 Å². The fraction of sp³-hybridized carbons (Fsp3) is 0.947.